The number of amides is 1. The van der Waals surface area contributed by atoms with Gasteiger partial charge >= 0.3 is 0 Å². The maximum atomic E-state index is 12.2. The van der Waals surface area contributed by atoms with E-state index < -0.39 is 0 Å². The molecule has 6 nitrogen and oxygen atoms in total. The van der Waals surface area contributed by atoms with E-state index >= 15 is 0 Å². The van der Waals surface area contributed by atoms with E-state index in [1.165, 1.54) is 29.2 Å². The maximum absolute atomic E-state index is 12.2. The lowest BCUT2D eigenvalue weighted by molar-refractivity contribution is -0.134. The lowest BCUT2D eigenvalue weighted by Gasteiger charge is -2.39. The van der Waals surface area contributed by atoms with Crippen molar-refractivity contribution in [1.82, 2.24) is 19.8 Å². The second kappa shape index (κ2) is 5.60. The Kier molecular flexibility index (Phi) is 4.11. The first kappa shape index (κ1) is 13.2. The number of hydrogen-bond donors (Lipinski definition) is 1. The summed E-state index contributed by atoms with van der Waals surface area (Å²) in [5, 5.41) is 8.11. The molecule has 0 bridgehead atoms. The molecule has 1 saturated heterocycles. The van der Waals surface area contributed by atoms with Crippen molar-refractivity contribution in [2.24, 2.45) is 0 Å². The molecule has 1 fully saturated rings. The molecule has 2 atom stereocenters. The average Bonchev–Trinajstić information content (AvgIpc) is 2.72. The lowest BCUT2D eigenvalue weighted by Crippen LogP contribution is -2.48. The molecule has 1 aromatic rings. The van der Waals surface area contributed by atoms with Crippen molar-refractivity contribution in [1.29, 1.82) is 0 Å². The van der Waals surface area contributed by atoms with Crippen molar-refractivity contribution in [3.8, 4) is 0 Å². The SMILES string of the molecule is C[C@@H]1CCC[C@@H](C)N1C(=O)CSc1nncn1N. The van der Waals surface area contributed by atoms with Crippen LogP contribution in [0.25, 0.3) is 0 Å². The highest BCUT2D eigenvalue weighted by Gasteiger charge is 2.28. The first-order valence-corrected chi connectivity index (χ1v) is 7.17. The summed E-state index contributed by atoms with van der Waals surface area (Å²) in [7, 11) is 0. The molecule has 0 saturated carbocycles. The largest absolute Gasteiger partial charge is 0.337 e. The van der Waals surface area contributed by atoms with Gasteiger partial charge in [0.05, 0.1) is 5.75 Å². The van der Waals surface area contributed by atoms with Gasteiger partial charge in [-0.1, -0.05) is 11.8 Å². The smallest absolute Gasteiger partial charge is 0.233 e. The number of nitrogens with two attached hydrogens (primary N) is 1. The summed E-state index contributed by atoms with van der Waals surface area (Å²) in [5.74, 6) is 6.13. The molecule has 0 unspecified atom stereocenters. The number of likely N-dealkylation sites (tertiary alicyclic amines) is 1. The van der Waals surface area contributed by atoms with Gasteiger partial charge in [0.2, 0.25) is 11.1 Å². The number of rotatable bonds is 3. The Morgan fingerprint density at radius 1 is 1.50 bits per heavy atom. The van der Waals surface area contributed by atoms with Crippen LogP contribution in [0.15, 0.2) is 11.5 Å². The van der Waals surface area contributed by atoms with Crippen LogP contribution < -0.4 is 5.84 Å². The van der Waals surface area contributed by atoms with Gasteiger partial charge in [0, 0.05) is 12.1 Å². The summed E-state index contributed by atoms with van der Waals surface area (Å²) in [5.41, 5.74) is 0. The summed E-state index contributed by atoms with van der Waals surface area (Å²) >= 11 is 1.33. The minimum absolute atomic E-state index is 0.155. The number of nitrogens with zero attached hydrogens (tertiary/aromatic N) is 4. The Morgan fingerprint density at radius 2 is 2.17 bits per heavy atom. The Morgan fingerprint density at radius 3 is 2.72 bits per heavy atom. The molecule has 1 amide bonds. The number of piperidine rings is 1. The standard InChI is InChI=1S/C11H19N5OS/c1-8-4-3-5-9(2)16(8)10(17)6-18-11-14-13-7-15(11)12/h7-9H,3-6,12H2,1-2H3/t8-,9-/m1/s1. The monoisotopic (exact) mass is 269 g/mol. The highest BCUT2D eigenvalue weighted by Crippen LogP contribution is 2.24. The third-order valence-corrected chi connectivity index (χ3v) is 4.29. The van der Waals surface area contributed by atoms with Crippen LogP contribution in [0.5, 0.6) is 0 Å². The predicted octanol–water partition coefficient (Wildman–Crippen LogP) is 0.873. The Bertz CT molecular complexity index is 411. The van der Waals surface area contributed by atoms with Gasteiger partial charge in [0.25, 0.3) is 0 Å². The van der Waals surface area contributed by atoms with E-state index in [1.54, 1.807) is 0 Å². The number of nitrogen functional groups attached to an aromatic ring is 1. The first-order valence-electron chi connectivity index (χ1n) is 6.18. The predicted molar refractivity (Wildman–Crippen MR) is 70.5 cm³/mol. The summed E-state index contributed by atoms with van der Waals surface area (Å²) in [4.78, 5) is 14.2. The van der Waals surface area contributed by atoms with Gasteiger partial charge in [-0.05, 0) is 33.1 Å². The van der Waals surface area contributed by atoms with Gasteiger partial charge in [0.15, 0.2) is 0 Å². The molecule has 2 N–H and O–H groups in total. The Balaban J connectivity index is 1.93. The second-order valence-electron chi connectivity index (χ2n) is 4.74. The number of thioether (sulfide) groups is 1. The van der Waals surface area contributed by atoms with Gasteiger partial charge in [-0.25, -0.2) is 4.68 Å². The molecule has 0 aromatic carbocycles. The number of aromatic nitrogens is 3. The molecule has 1 aliphatic heterocycles. The zero-order chi connectivity index (χ0) is 13.1. The zero-order valence-corrected chi connectivity index (χ0v) is 11.6. The minimum Gasteiger partial charge on any atom is -0.337 e. The van der Waals surface area contributed by atoms with Gasteiger partial charge < -0.3 is 10.7 Å². The van der Waals surface area contributed by atoms with Gasteiger partial charge in [-0.3, -0.25) is 4.79 Å². The molecular formula is C11H19N5OS. The molecule has 100 valence electrons. The highest BCUT2D eigenvalue weighted by molar-refractivity contribution is 7.99. The van der Waals surface area contributed by atoms with Crippen molar-refractivity contribution in [3.63, 3.8) is 0 Å². The third kappa shape index (κ3) is 2.77. The quantitative estimate of drug-likeness (QED) is 0.651. The summed E-state index contributed by atoms with van der Waals surface area (Å²) < 4.78 is 1.33. The highest BCUT2D eigenvalue weighted by atomic mass is 32.2. The lowest BCUT2D eigenvalue weighted by atomic mass is 9.98. The molecule has 0 spiro atoms. The Hall–Kier alpha value is -1.24. The van der Waals surface area contributed by atoms with Crippen molar-refractivity contribution in [2.45, 2.75) is 50.4 Å². The minimum atomic E-state index is 0.155. The average molecular weight is 269 g/mol. The van der Waals surface area contributed by atoms with E-state index in [4.69, 9.17) is 5.84 Å². The van der Waals surface area contributed by atoms with Gasteiger partial charge in [0.1, 0.15) is 6.33 Å². The van der Waals surface area contributed by atoms with E-state index in [2.05, 4.69) is 24.0 Å². The molecule has 1 aromatic heterocycles. The van der Waals surface area contributed by atoms with Gasteiger partial charge in [-0.15, -0.1) is 10.2 Å². The Labute approximate surface area is 111 Å². The van der Waals surface area contributed by atoms with Crippen molar-refractivity contribution >= 4 is 17.7 Å². The van der Waals surface area contributed by atoms with Crippen LogP contribution in [0.2, 0.25) is 0 Å². The molecule has 7 heteroatoms. The number of carbonyl (C=O) groups is 1. The fourth-order valence-corrected chi connectivity index (χ4v) is 3.15. The van der Waals surface area contributed by atoms with Crippen molar-refractivity contribution in [3.05, 3.63) is 6.33 Å². The van der Waals surface area contributed by atoms with E-state index in [0.29, 0.717) is 23.0 Å². The maximum Gasteiger partial charge on any atom is 0.233 e. The van der Waals surface area contributed by atoms with Crippen LogP contribution in [0.4, 0.5) is 0 Å². The van der Waals surface area contributed by atoms with Crippen molar-refractivity contribution < 1.29 is 4.79 Å². The number of hydrogen-bond acceptors (Lipinski definition) is 5. The zero-order valence-electron chi connectivity index (χ0n) is 10.7. The van der Waals surface area contributed by atoms with Gasteiger partial charge in [-0.2, -0.15) is 0 Å². The molecule has 1 aliphatic rings. The molecule has 0 aliphatic carbocycles. The van der Waals surface area contributed by atoms with Crippen LogP contribution in [0, 0.1) is 0 Å². The van der Waals surface area contributed by atoms with Crippen LogP contribution in [-0.2, 0) is 4.79 Å². The second-order valence-corrected chi connectivity index (χ2v) is 5.68. The topological polar surface area (TPSA) is 77.0 Å². The molecular weight excluding hydrogens is 250 g/mol. The summed E-state index contributed by atoms with van der Waals surface area (Å²) in [6.45, 7) is 4.23. The van der Waals surface area contributed by atoms with E-state index in [1.807, 2.05) is 4.90 Å². The van der Waals surface area contributed by atoms with Crippen LogP contribution in [-0.4, -0.2) is 43.5 Å². The third-order valence-electron chi connectivity index (χ3n) is 3.35. The molecule has 18 heavy (non-hydrogen) atoms. The summed E-state index contributed by atoms with van der Waals surface area (Å²) in [6, 6.07) is 0.662. The fourth-order valence-electron chi connectivity index (χ4n) is 2.45. The van der Waals surface area contributed by atoms with Crippen LogP contribution in [0.3, 0.4) is 0 Å². The van der Waals surface area contributed by atoms with Crippen LogP contribution in [0.1, 0.15) is 33.1 Å². The molecule has 2 rings (SSSR count). The summed E-state index contributed by atoms with van der Waals surface area (Å²) in [6.07, 6.45) is 4.82. The van der Waals surface area contributed by atoms with E-state index in [9.17, 15) is 4.79 Å². The van der Waals surface area contributed by atoms with Crippen LogP contribution >= 0.6 is 11.8 Å². The fraction of sp³-hybridized carbons (Fsp3) is 0.727. The normalized spacial score (nSPS) is 24.2. The number of carbonyl (C=O) groups excluding carboxylic acids is 1. The molecule has 0 radical (unpaired) electrons. The molecule has 2 heterocycles. The van der Waals surface area contributed by atoms with E-state index in [0.717, 1.165) is 12.8 Å². The van der Waals surface area contributed by atoms with E-state index in [-0.39, 0.29) is 5.91 Å². The first-order chi connectivity index (χ1) is 8.59. The van der Waals surface area contributed by atoms with Crippen molar-refractivity contribution in [2.75, 3.05) is 11.6 Å².